The maximum absolute atomic E-state index is 11.1. The average Bonchev–Trinajstić information content (AvgIpc) is 2.50. The molecule has 1 radical (unpaired) electrons. The van der Waals surface area contributed by atoms with Crippen LogP contribution in [-0.2, 0) is 9.53 Å². The van der Waals surface area contributed by atoms with Gasteiger partial charge in [-0.15, -0.1) is 0 Å². The van der Waals surface area contributed by atoms with E-state index in [0.29, 0.717) is 0 Å². The molecule has 1 saturated heterocycles. The first-order valence-corrected chi connectivity index (χ1v) is 3.89. The second-order valence-corrected chi connectivity index (χ2v) is 2.72. The van der Waals surface area contributed by atoms with Gasteiger partial charge in [0.1, 0.15) is 0 Å². The third kappa shape index (κ3) is 1.93. The van der Waals surface area contributed by atoms with E-state index < -0.39 is 0 Å². The van der Waals surface area contributed by atoms with Crippen LogP contribution in [0.1, 0.15) is 13.3 Å². The van der Waals surface area contributed by atoms with Gasteiger partial charge in [0.15, 0.2) is 0 Å². The van der Waals surface area contributed by atoms with Gasteiger partial charge in [0.05, 0.1) is 6.10 Å². The van der Waals surface area contributed by atoms with Gasteiger partial charge in [-0.1, -0.05) is 6.92 Å². The molecule has 0 saturated carbocycles. The quantitative estimate of drug-likeness (QED) is 0.581. The summed E-state index contributed by atoms with van der Waals surface area (Å²) >= 11 is 0. The van der Waals surface area contributed by atoms with Crippen molar-refractivity contribution in [1.29, 1.82) is 0 Å². The molecular formula is C8H14NO2. The predicted molar refractivity (Wildman–Crippen MR) is 42.0 cm³/mol. The molecule has 0 aliphatic carbocycles. The van der Waals surface area contributed by atoms with Crippen LogP contribution in [0.4, 0.5) is 0 Å². The third-order valence-corrected chi connectivity index (χ3v) is 2.04. The highest BCUT2D eigenvalue weighted by Crippen LogP contribution is 2.11. The average molecular weight is 156 g/mol. The summed E-state index contributed by atoms with van der Waals surface area (Å²) in [5.41, 5.74) is 0. The second kappa shape index (κ2) is 3.72. The molecule has 0 bridgehead atoms. The minimum absolute atomic E-state index is 0.115. The van der Waals surface area contributed by atoms with Gasteiger partial charge in [0.2, 0.25) is 5.91 Å². The molecule has 11 heavy (non-hydrogen) atoms. The molecule has 1 atom stereocenters. The van der Waals surface area contributed by atoms with Gasteiger partial charge >= 0.3 is 0 Å². The monoisotopic (exact) mass is 156 g/mol. The van der Waals surface area contributed by atoms with Gasteiger partial charge in [-0.3, -0.25) is 4.79 Å². The molecule has 3 nitrogen and oxygen atoms in total. The van der Waals surface area contributed by atoms with Crippen LogP contribution in [0.2, 0.25) is 0 Å². The highest BCUT2D eigenvalue weighted by molar-refractivity contribution is 5.84. The summed E-state index contributed by atoms with van der Waals surface area (Å²) in [5.74, 6) is 0.115. The molecule has 1 fully saturated rings. The maximum Gasteiger partial charge on any atom is 0.226 e. The number of hydrogen-bond donors (Lipinski definition) is 0. The van der Waals surface area contributed by atoms with E-state index in [1.54, 1.807) is 20.5 Å². The van der Waals surface area contributed by atoms with Crippen molar-refractivity contribution in [2.24, 2.45) is 0 Å². The van der Waals surface area contributed by atoms with Crippen LogP contribution < -0.4 is 0 Å². The van der Waals surface area contributed by atoms with Crippen LogP contribution >= 0.6 is 0 Å². The molecule has 1 rings (SSSR count). The number of likely N-dealkylation sites (tertiary alicyclic amines) is 1. The maximum atomic E-state index is 11.1. The summed E-state index contributed by atoms with van der Waals surface area (Å²) in [6, 6.07) is 0. The summed E-state index contributed by atoms with van der Waals surface area (Å²) in [5, 5.41) is 0. The first-order valence-electron chi connectivity index (χ1n) is 3.89. The number of ether oxygens (including phenoxy) is 1. The largest absolute Gasteiger partial charge is 0.380 e. The van der Waals surface area contributed by atoms with Crippen molar-refractivity contribution in [2.75, 3.05) is 20.2 Å². The van der Waals surface area contributed by atoms with Crippen LogP contribution in [0.25, 0.3) is 0 Å². The summed E-state index contributed by atoms with van der Waals surface area (Å²) in [6.45, 7) is 3.35. The normalized spacial score (nSPS) is 24.2. The number of rotatable bonds is 2. The zero-order valence-corrected chi connectivity index (χ0v) is 7.04. The first kappa shape index (κ1) is 8.53. The van der Waals surface area contributed by atoms with Crippen LogP contribution in [-0.4, -0.2) is 37.1 Å². The minimum Gasteiger partial charge on any atom is -0.380 e. The molecule has 0 spiro atoms. The lowest BCUT2D eigenvalue weighted by molar-refractivity contribution is -0.126. The van der Waals surface area contributed by atoms with Gasteiger partial charge in [-0.25, -0.2) is 0 Å². The molecular weight excluding hydrogens is 142 g/mol. The van der Waals surface area contributed by atoms with Crippen LogP contribution in [0.15, 0.2) is 0 Å². The smallest absolute Gasteiger partial charge is 0.226 e. The van der Waals surface area contributed by atoms with Gasteiger partial charge < -0.3 is 9.64 Å². The van der Waals surface area contributed by atoms with Crippen molar-refractivity contribution in [3.63, 3.8) is 0 Å². The van der Waals surface area contributed by atoms with Gasteiger partial charge in [-0.2, -0.15) is 0 Å². The molecule has 0 unspecified atom stereocenters. The van der Waals surface area contributed by atoms with E-state index in [0.717, 1.165) is 19.5 Å². The van der Waals surface area contributed by atoms with E-state index in [4.69, 9.17) is 4.74 Å². The molecule has 0 aromatic carbocycles. The van der Waals surface area contributed by atoms with Crippen molar-refractivity contribution in [2.45, 2.75) is 19.4 Å². The standard InChI is InChI=1S/C8H14NO2/c1-3-8(10)9-5-4-7(6-9)11-2/h3,7H,4-6H2,1-2H3/t7-/m1/s1. The van der Waals surface area contributed by atoms with E-state index in [-0.39, 0.29) is 12.0 Å². The summed E-state index contributed by atoms with van der Waals surface area (Å²) in [6.07, 6.45) is 2.81. The van der Waals surface area contributed by atoms with E-state index in [2.05, 4.69) is 0 Å². The summed E-state index contributed by atoms with van der Waals surface area (Å²) in [7, 11) is 1.69. The number of carbonyl (C=O) groups excluding carboxylic acids is 1. The number of nitrogens with zero attached hydrogens (tertiary/aromatic N) is 1. The fourth-order valence-electron chi connectivity index (χ4n) is 1.30. The number of carbonyl (C=O) groups is 1. The van der Waals surface area contributed by atoms with E-state index in [1.165, 1.54) is 0 Å². The third-order valence-electron chi connectivity index (χ3n) is 2.04. The highest BCUT2D eigenvalue weighted by atomic mass is 16.5. The molecule has 63 valence electrons. The first-order chi connectivity index (χ1) is 5.27. The Balaban J connectivity index is 2.35. The Labute approximate surface area is 67.3 Å². The van der Waals surface area contributed by atoms with Crippen LogP contribution in [0.3, 0.4) is 0 Å². The number of methoxy groups -OCH3 is 1. The van der Waals surface area contributed by atoms with Crippen molar-refractivity contribution >= 4 is 5.91 Å². The highest BCUT2D eigenvalue weighted by Gasteiger charge is 2.24. The SMILES string of the molecule is C[CH]C(=O)N1CC[C@@H](OC)C1. The lowest BCUT2D eigenvalue weighted by Gasteiger charge is -2.14. The Bertz CT molecular complexity index is 147. The Morgan fingerprint density at radius 3 is 2.91 bits per heavy atom. The van der Waals surface area contributed by atoms with E-state index >= 15 is 0 Å². The zero-order valence-electron chi connectivity index (χ0n) is 7.04. The molecule has 1 amide bonds. The van der Waals surface area contributed by atoms with E-state index in [9.17, 15) is 4.79 Å². The molecule has 1 aliphatic rings. The fourth-order valence-corrected chi connectivity index (χ4v) is 1.30. The Kier molecular flexibility index (Phi) is 2.88. The second-order valence-electron chi connectivity index (χ2n) is 2.72. The Morgan fingerprint density at radius 2 is 2.45 bits per heavy atom. The number of amides is 1. The molecule has 1 heterocycles. The predicted octanol–water partition coefficient (Wildman–Crippen LogP) is 0.458. The molecule has 0 aromatic heterocycles. The van der Waals surface area contributed by atoms with Gasteiger partial charge in [0.25, 0.3) is 0 Å². The molecule has 3 heteroatoms. The van der Waals surface area contributed by atoms with Crippen molar-refractivity contribution in [3.8, 4) is 0 Å². The zero-order chi connectivity index (χ0) is 8.27. The van der Waals surface area contributed by atoms with Gasteiger partial charge in [-0.05, 0) is 6.42 Å². The fraction of sp³-hybridized carbons (Fsp3) is 0.750. The Morgan fingerprint density at radius 1 is 1.73 bits per heavy atom. The van der Waals surface area contributed by atoms with E-state index in [1.807, 2.05) is 4.90 Å². The molecule has 1 aliphatic heterocycles. The lowest BCUT2D eigenvalue weighted by atomic mass is 10.3. The Hall–Kier alpha value is -0.570. The van der Waals surface area contributed by atoms with Crippen molar-refractivity contribution in [1.82, 2.24) is 4.90 Å². The number of hydrogen-bond acceptors (Lipinski definition) is 2. The minimum atomic E-state index is 0.115. The van der Waals surface area contributed by atoms with Crippen LogP contribution in [0, 0.1) is 6.42 Å². The van der Waals surface area contributed by atoms with Crippen molar-refractivity contribution in [3.05, 3.63) is 6.42 Å². The molecule has 0 aromatic rings. The summed E-state index contributed by atoms with van der Waals surface area (Å²) < 4.78 is 5.13. The van der Waals surface area contributed by atoms with Gasteiger partial charge in [0, 0.05) is 26.6 Å². The lowest BCUT2D eigenvalue weighted by Crippen LogP contribution is -2.29. The van der Waals surface area contributed by atoms with Crippen molar-refractivity contribution < 1.29 is 9.53 Å². The summed E-state index contributed by atoms with van der Waals surface area (Å²) in [4.78, 5) is 12.9. The van der Waals surface area contributed by atoms with Crippen LogP contribution in [0.5, 0.6) is 0 Å². The topological polar surface area (TPSA) is 29.5 Å². The molecule has 0 N–H and O–H groups in total.